The number of hydrogen-bond donors (Lipinski definition) is 0. The molecule has 1 aromatic heterocycles. The lowest BCUT2D eigenvalue weighted by atomic mass is 10.1. The van der Waals surface area contributed by atoms with Crippen molar-refractivity contribution in [2.45, 2.75) is 31.8 Å². The second kappa shape index (κ2) is 7.13. The van der Waals surface area contributed by atoms with Crippen molar-refractivity contribution in [3.05, 3.63) is 53.9 Å². The number of aryl methyl sites for hydroxylation is 1. The first-order chi connectivity index (χ1) is 12.3. The lowest BCUT2D eigenvalue weighted by Crippen LogP contribution is -2.29. The Kier molecular flexibility index (Phi) is 4.55. The summed E-state index contributed by atoms with van der Waals surface area (Å²) in [5, 5.41) is 0. The van der Waals surface area contributed by atoms with E-state index in [0.717, 1.165) is 61.5 Å². The van der Waals surface area contributed by atoms with Gasteiger partial charge in [-0.2, -0.15) is 0 Å². The summed E-state index contributed by atoms with van der Waals surface area (Å²) in [4.78, 5) is 18.8. The van der Waals surface area contributed by atoms with Crippen LogP contribution in [0, 0.1) is 0 Å². The van der Waals surface area contributed by atoms with Gasteiger partial charge in [-0.3, -0.25) is 9.78 Å². The summed E-state index contributed by atoms with van der Waals surface area (Å²) in [6.07, 6.45) is 5.51. The predicted molar refractivity (Wildman–Crippen MR) is 94.0 cm³/mol. The van der Waals surface area contributed by atoms with Crippen LogP contribution in [0.25, 0.3) is 0 Å². The Bertz CT molecular complexity index is 756. The molecule has 1 atom stereocenters. The fraction of sp³-hybridized carbons (Fsp3) is 0.400. The second-order valence-corrected chi connectivity index (χ2v) is 6.57. The van der Waals surface area contributed by atoms with Gasteiger partial charge in [0.05, 0.1) is 0 Å². The van der Waals surface area contributed by atoms with E-state index in [-0.39, 0.29) is 12.0 Å². The highest BCUT2D eigenvalue weighted by atomic mass is 16.6. The summed E-state index contributed by atoms with van der Waals surface area (Å²) in [5.41, 5.74) is 1.66. The molecule has 1 aromatic carbocycles. The molecule has 2 aliphatic heterocycles. The Labute approximate surface area is 147 Å². The van der Waals surface area contributed by atoms with Crippen molar-refractivity contribution < 1.29 is 14.3 Å². The van der Waals surface area contributed by atoms with E-state index in [2.05, 4.69) is 4.98 Å². The summed E-state index contributed by atoms with van der Waals surface area (Å²) in [6.45, 7) is 2.27. The van der Waals surface area contributed by atoms with E-state index in [9.17, 15) is 4.79 Å². The van der Waals surface area contributed by atoms with Crippen molar-refractivity contribution in [3.8, 4) is 11.5 Å². The molecule has 0 bridgehead atoms. The van der Waals surface area contributed by atoms with Gasteiger partial charge in [-0.1, -0.05) is 12.1 Å². The minimum absolute atomic E-state index is 0.00893. The number of likely N-dealkylation sites (tertiary alicyclic amines) is 1. The van der Waals surface area contributed by atoms with Gasteiger partial charge in [0, 0.05) is 30.5 Å². The molecular weight excluding hydrogens is 316 g/mol. The molecule has 3 heterocycles. The highest BCUT2D eigenvalue weighted by molar-refractivity contribution is 5.94. The number of carbonyl (C=O) groups is 1. The maximum absolute atomic E-state index is 12.5. The number of nitrogens with zero attached hydrogens (tertiary/aromatic N) is 2. The van der Waals surface area contributed by atoms with Gasteiger partial charge in [0.15, 0.2) is 11.5 Å². The number of pyridine rings is 1. The van der Waals surface area contributed by atoms with E-state index in [1.54, 1.807) is 12.3 Å². The number of amides is 1. The summed E-state index contributed by atoms with van der Waals surface area (Å²) in [7, 11) is 0. The monoisotopic (exact) mass is 338 g/mol. The van der Waals surface area contributed by atoms with Gasteiger partial charge in [-0.25, -0.2) is 0 Å². The van der Waals surface area contributed by atoms with Crippen molar-refractivity contribution in [2.24, 2.45) is 0 Å². The first-order valence-corrected chi connectivity index (χ1v) is 8.92. The van der Waals surface area contributed by atoms with Crippen LogP contribution in [0.5, 0.6) is 11.5 Å². The van der Waals surface area contributed by atoms with Gasteiger partial charge >= 0.3 is 0 Å². The van der Waals surface area contributed by atoms with Crippen LogP contribution in [-0.4, -0.2) is 41.6 Å². The Morgan fingerprint density at radius 1 is 1.16 bits per heavy atom. The first-order valence-electron chi connectivity index (χ1n) is 8.92. The molecule has 0 saturated carbocycles. The molecule has 2 aliphatic rings. The number of carbonyl (C=O) groups excluding carboxylic acids is 1. The third kappa shape index (κ3) is 3.60. The normalized spacial score (nSPS) is 19.0. The molecule has 2 aromatic rings. The van der Waals surface area contributed by atoms with Crippen LogP contribution in [0.3, 0.4) is 0 Å². The summed E-state index contributed by atoms with van der Waals surface area (Å²) in [6, 6.07) is 11.4. The maximum atomic E-state index is 12.5. The minimum Gasteiger partial charge on any atom is -0.486 e. The average Bonchev–Trinajstić information content (AvgIpc) is 3.20. The molecule has 1 saturated heterocycles. The Balaban J connectivity index is 1.37. The number of aromatic nitrogens is 1. The molecule has 0 unspecified atom stereocenters. The smallest absolute Gasteiger partial charge is 0.253 e. The number of para-hydroxylation sites is 2. The molecule has 0 spiro atoms. The summed E-state index contributed by atoms with van der Waals surface area (Å²) >= 11 is 0. The quantitative estimate of drug-likeness (QED) is 0.860. The predicted octanol–water partition coefficient (Wildman–Crippen LogP) is 3.09. The minimum atomic E-state index is 0.00893. The highest BCUT2D eigenvalue weighted by Gasteiger charge is 2.22. The van der Waals surface area contributed by atoms with E-state index < -0.39 is 0 Å². The second-order valence-electron chi connectivity index (χ2n) is 6.57. The number of fused-ring (bicyclic) bond motifs is 1. The molecule has 4 rings (SSSR count). The first kappa shape index (κ1) is 15.9. The highest BCUT2D eigenvalue weighted by Crippen LogP contribution is 2.31. The number of rotatable bonds is 4. The molecule has 1 fully saturated rings. The molecule has 0 N–H and O–H groups in total. The lowest BCUT2D eigenvalue weighted by Gasteiger charge is -2.26. The molecule has 25 heavy (non-hydrogen) atoms. The molecule has 130 valence electrons. The largest absolute Gasteiger partial charge is 0.486 e. The number of hydrogen-bond acceptors (Lipinski definition) is 4. The van der Waals surface area contributed by atoms with E-state index in [4.69, 9.17) is 9.47 Å². The van der Waals surface area contributed by atoms with E-state index >= 15 is 0 Å². The fourth-order valence-corrected chi connectivity index (χ4v) is 3.36. The van der Waals surface area contributed by atoms with E-state index in [1.165, 1.54) is 0 Å². The SMILES string of the molecule is O=C(c1ccnc(CC[C@@H]2COc3ccccc3O2)c1)N1CCCC1. The molecule has 0 aliphatic carbocycles. The number of ether oxygens (including phenoxy) is 2. The van der Waals surface area contributed by atoms with Crippen LogP contribution < -0.4 is 9.47 Å². The molecular formula is C20H22N2O3. The standard InChI is InChI=1S/C20H22N2O3/c23-20(22-11-3-4-12-22)15-9-10-21-16(13-15)7-8-17-14-24-18-5-1-2-6-19(18)25-17/h1-2,5-6,9-10,13,17H,3-4,7-8,11-12,14H2/t17-/m1/s1. The Hall–Kier alpha value is -2.56. The van der Waals surface area contributed by atoms with Gasteiger partial charge in [-0.05, 0) is 49.9 Å². The van der Waals surface area contributed by atoms with Crippen LogP contribution in [-0.2, 0) is 6.42 Å². The van der Waals surface area contributed by atoms with Crippen LogP contribution >= 0.6 is 0 Å². The molecule has 5 heteroatoms. The zero-order chi connectivity index (χ0) is 17.1. The fourth-order valence-electron chi connectivity index (χ4n) is 3.36. The Morgan fingerprint density at radius 2 is 1.96 bits per heavy atom. The Morgan fingerprint density at radius 3 is 2.80 bits per heavy atom. The van der Waals surface area contributed by atoms with Gasteiger partial charge in [0.2, 0.25) is 0 Å². The molecule has 5 nitrogen and oxygen atoms in total. The topological polar surface area (TPSA) is 51.7 Å². The summed E-state index contributed by atoms with van der Waals surface area (Å²) in [5.74, 6) is 1.71. The van der Waals surface area contributed by atoms with Gasteiger partial charge < -0.3 is 14.4 Å². The van der Waals surface area contributed by atoms with Crippen molar-refractivity contribution in [3.63, 3.8) is 0 Å². The van der Waals surface area contributed by atoms with Crippen LogP contribution in [0.15, 0.2) is 42.6 Å². The number of benzene rings is 1. The van der Waals surface area contributed by atoms with Gasteiger partial charge in [0.25, 0.3) is 5.91 Å². The van der Waals surface area contributed by atoms with E-state index in [0.29, 0.717) is 6.61 Å². The van der Waals surface area contributed by atoms with Crippen LogP contribution in [0.1, 0.15) is 35.3 Å². The van der Waals surface area contributed by atoms with Crippen molar-refractivity contribution in [1.82, 2.24) is 9.88 Å². The van der Waals surface area contributed by atoms with Gasteiger partial charge in [-0.15, -0.1) is 0 Å². The third-order valence-corrected chi connectivity index (χ3v) is 4.75. The van der Waals surface area contributed by atoms with Gasteiger partial charge in [0.1, 0.15) is 12.7 Å². The van der Waals surface area contributed by atoms with Crippen molar-refractivity contribution >= 4 is 5.91 Å². The van der Waals surface area contributed by atoms with Crippen LogP contribution in [0.4, 0.5) is 0 Å². The zero-order valence-corrected chi connectivity index (χ0v) is 14.2. The lowest BCUT2D eigenvalue weighted by molar-refractivity contribution is 0.0792. The molecule has 0 radical (unpaired) electrons. The van der Waals surface area contributed by atoms with Crippen molar-refractivity contribution in [2.75, 3.05) is 19.7 Å². The third-order valence-electron chi connectivity index (χ3n) is 4.75. The zero-order valence-electron chi connectivity index (χ0n) is 14.2. The average molecular weight is 338 g/mol. The maximum Gasteiger partial charge on any atom is 0.253 e. The van der Waals surface area contributed by atoms with E-state index in [1.807, 2.05) is 35.2 Å². The molecule has 1 amide bonds. The van der Waals surface area contributed by atoms with Crippen molar-refractivity contribution in [1.29, 1.82) is 0 Å². The summed E-state index contributed by atoms with van der Waals surface area (Å²) < 4.78 is 11.7. The van der Waals surface area contributed by atoms with Crippen LogP contribution in [0.2, 0.25) is 0 Å².